The lowest BCUT2D eigenvalue weighted by molar-refractivity contribution is -0.113. The standard InChI is InChI=1S/C23H25ClN4O3S/c1-5-11-28-22(16(3)31-19-8-6-7-18(13-19)30-4)26-27-23(28)32-14-21(29)25-17-10-9-15(2)20(24)12-17/h5-10,12-13,16H,1,11,14H2,2-4H3,(H,25,29). The smallest absolute Gasteiger partial charge is 0.234 e. The van der Waals surface area contributed by atoms with Gasteiger partial charge >= 0.3 is 0 Å². The summed E-state index contributed by atoms with van der Waals surface area (Å²) in [5.74, 6) is 2.02. The van der Waals surface area contributed by atoms with Gasteiger partial charge in [0.25, 0.3) is 0 Å². The topological polar surface area (TPSA) is 78.3 Å². The number of allylic oxidation sites excluding steroid dienone is 1. The molecule has 0 bridgehead atoms. The Bertz CT molecular complexity index is 1100. The number of carbonyl (C=O) groups excluding carboxylic acids is 1. The maximum Gasteiger partial charge on any atom is 0.234 e. The van der Waals surface area contributed by atoms with E-state index in [1.807, 2.05) is 54.8 Å². The van der Waals surface area contributed by atoms with Crippen LogP contribution in [0.5, 0.6) is 11.5 Å². The molecule has 0 aliphatic heterocycles. The van der Waals surface area contributed by atoms with Gasteiger partial charge in [-0.05, 0) is 43.7 Å². The minimum absolute atomic E-state index is 0.162. The number of benzene rings is 2. The van der Waals surface area contributed by atoms with Gasteiger partial charge in [0.2, 0.25) is 5.91 Å². The molecular weight excluding hydrogens is 448 g/mol. The van der Waals surface area contributed by atoms with Gasteiger partial charge in [-0.3, -0.25) is 9.36 Å². The third kappa shape index (κ3) is 6.05. The van der Waals surface area contributed by atoms with Crippen molar-refractivity contribution in [2.75, 3.05) is 18.2 Å². The highest BCUT2D eigenvalue weighted by atomic mass is 35.5. The van der Waals surface area contributed by atoms with Gasteiger partial charge in [-0.15, -0.1) is 16.8 Å². The Kier molecular flexibility index (Phi) is 8.19. The number of amides is 1. The molecule has 1 heterocycles. The number of rotatable bonds is 10. The summed E-state index contributed by atoms with van der Waals surface area (Å²) in [7, 11) is 1.61. The molecule has 3 aromatic rings. The zero-order valence-electron chi connectivity index (χ0n) is 18.2. The second-order valence-corrected chi connectivity index (χ2v) is 8.33. The van der Waals surface area contributed by atoms with E-state index in [0.717, 1.165) is 5.56 Å². The van der Waals surface area contributed by atoms with Crippen molar-refractivity contribution in [3.8, 4) is 11.5 Å². The van der Waals surface area contributed by atoms with Gasteiger partial charge in [0, 0.05) is 23.3 Å². The van der Waals surface area contributed by atoms with Crippen molar-refractivity contribution < 1.29 is 14.3 Å². The van der Waals surface area contributed by atoms with Crippen molar-refractivity contribution in [2.24, 2.45) is 0 Å². The molecule has 1 N–H and O–H groups in total. The van der Waals surface area contributed by atoms with Crippen LogP contribution >= 0.6 is 23.4 Å². The molecule has 1 atom stereocenters. The largest absolute Gasteiger partial charge is 0.497 e. The molecule has 9 heteroatoms. The Morgan fingerprint density at radius 2 is 2.06 bits per heavy atom. The molecule has 2 aromatic carbocycles. The van der Waals surface area contributed by atoms with Gasteiger partial charge in [0.05, 0.1) is 12.9 Å². The number of aryl methyl sites for hydroxylation is 1. The molecule has 7 nitrogen and oxygen atoms in total. The van der Waals surface area contributed by atoms with Crippen LogP contribution in [0.2, 0.25) is 5.02 Å². The first-order chi connectivity index (χ1) is 15.4. The van der Waals surface area contributed by atoms with E-state index in [9.17, 15) is 4.79 Å². The molecule has 0 aliphatic carbocycles. The van der Waals surface area contributed by atoms with Crippen molar-refractivity contribution in [1.82, 2.24) is 14.8 Å². The minimum atomic E-state index is -0.368. The number of thioether (sulfide) groups is 1. The molecule has 0 saturated heterocycles. The van der Waals surface area contributed by atoms with Crippen LogP contribution in [-0.2, 0) is 11.3 Å². The number of nitrogens with one attached hydrogen (secondary N) is 1. The lowest BCUT2D eigenvalue weighted by atomic mass is 10.2. The molecular formula is C23H25ClN4O3S. The maximum absolute atomic E-state index is 12.4. The molecule has 32 heavy (non-hydrogen) atoms. The summed E-state index contributed by atoms with van der Waals surface area (Å²) >= 11 is 7.42. The van der Waals surface area contributed by atoms with Crippen molar-refractivity contribution in [2.45, 2.75) is 31.7 Å². The molecule has 0 aliphatic rings. The molecule has 0 saturated carbocycles. The summed E-state index contributed by atoms with van der Waals surface area (Å²) in [6.45, 7) is 8.11. The summed E-state index contributed by atoms with van der Waals surface area (Å²) < 4.78 is 13.2. The average Bonchev–Trinajstić information content (AvgIpc) is 3.18. The Morgan fingerprint density at radius 3 is 2.78 bits per heavy atom. The van der Waals surface area contributed by atoms with Crippen LogP contribution in [0.1, 0.15) is 24.4 Å². The Labute approximate surface area is 196 Å². The molecule has 1 unspecified atom stereocenters. The van der Waals surface area contributed by atoms with Crippen molar-refractivity contribution >= 4 is 35.0 Å². The van der Waals surface area contributed by atoms with Crippen molar-refractivity contribution in [3.05, 3.63) is 71.5 Å². The van der Waals surface area contributed by atoms with Crippen LogP contribution in [-0.4, -0.2) is 33.5 Å². The number of halogens is 1. The molecule has 1 aromatic heterocycles. The van der Waals surface area contributed by atoms with Gasteiger partial charge in [0.15, 0.2) is 17.1 Å². The van der Waals surface area contributed by atoms with Crippen LogP contribution < -0.4 is 14.8 Å². The van der Waals surface area contributed by atoms with E-state index in [2.05, 4.69) is 22.1 Å². The highest BCUT2D eigenvalue weighted by molar-refractivity contribution is 7.99. The number of hydrogen-bond donors (Lipinski definition) is 1. The quantitative estimate of drug-likeness (QED) is 0.318. The highest BCUT2D eigenvalue weighted by Crippen LogP contribution is 2.27. The van der Waals surface area contributed by atoms with E-state index in [4.69, 9.17) is 21.1 Å². The van der Waals surface area contributed by atoms with E-state index < -0.39 is 0 Å². The summed E-state index contributed by atoms with van der Waals surface area (Å²) in [5.41, 5.74) is 1.61. The zero-order chi connectivity index (χ0) is 23.1. The summed E-state index contributed by atoms with van der Waals surface area (Å²) in [4.78, 5) is 12.4. The number of hydrogen-bond acceptors (Lipinski definition) is 6. The van der Waals surface area contributed by atoms with E-state index >= 15 is 0 Å². The summed E-state index contributed by atoms with van der Waals surface area (Å²) in [6.07, 6.45) is 1.39. The molecule has 3 rings (SSSR count). The first-order valence-electron chi connectivity index (χ1n) is 9.94. The molecule has 0 spiro atoms. The van der Waals surface area contributed by atoms with Gasteiger partial charge in [-0.25, -0.2) is 0 Å². The van der Waals surface area contributed by atoms with Crippen molar-refractivity contribution in [1.29, 1.82) is 0 Å². The van der Waals surface area contributed by atoms with Crippen molar-refractivity contribution in [3.63, 3.8) is 0 Å². The monoisotopic (exact) mass is 472 g/mol. The van der Waals surface area contributed by atoms with E-state index in [1.165, 1.54) is 11.8 Å². The van der Waals surface area contributed by atoms with E-state index in [1.54, 1.807) is 19.3 Å². The molecule has 0 radical (unpaired) electrons. The third-order valence-electron chi connectivity index (χ3n) is 4.56. The molecule has 0 fully saturated rings. The molecule has 168 valence electrons. The normalized spacial score (nSPS) is 11.6. The number of anilines is 1. The van der Waals surface area contributed by atoms with E-state index in [-0.39, 0.29) is 17.8 Å². The molecule has 1 amide bonds. The number of aromatic nitrogens is 3. The first kappa shape index (κ1) is 23.7. The number of nitrogens with zero attached hydrogens (tertiary/aromatic N) is 3. The fraction of sp³-hybridized carbons (Fsp3) is 0.261. The predicted molar refractivity (Wildman–Crippen MR) is 128 cm³/mol. The second-order valence-electron chi connectivity index (χ2n) is 6.98. The third-order valence-corrected chi connectivity index (χ3v) is 5.94. The number of ether oxygens (including phenoxy) is 2. The van der Waals surface area contributed by atoms with Gasteiger partial charge in [-0.1, -0.05) is 41.6 Å². The minimum Gasteiger partial charge on any atom is -0.497 e. The Balaban J connectivity index is 1.67. The van der Waals surface area contributed by atoms with Crippen LogP contribution in [0.3, 0.4) is 0 Å². The Hall–Kier alpha value is -2.97. The predicted octanol–water partition coefficient (Wildman–Crippen LogP) is 5.31. The van der Waals surface area contributed by atoms with Gasteiger partial charge < -0.3 is 14.8 Å². The summed E-state index contributed by atoms with van der Waals surface area (Å²) in [5, 5.41) is 12.6. The second kappa shape index (κ2) is 11.1. The van der Waals surface area contributed by atoms with Gasteiger partial charge in [0.1, 0.15) is 11.5 Å². The lowest BCUT2D eigenvalue weighted by Crippen LogP contribution is -2.15. The Morgan fingerprint density at radius 1 is 1.28 bits per heavy atom. The highest BCUT2D eigenvalue weighted by Gasteiger charge is 2.20. The SMILES string of the molecule is C=CCn1c(SCC(=O)Nc2ccc(C)c(Cl)c2)nnc1C(C)Oc1cccc(OC)c1. The maximum atomic E-state index is 12.4. The lowest BCUT2D eigenvalue weighted by Gasteiger charge is -2.16. The summed E-state index contributed by atoms with van der Waals surface area (Å²) in [6, 6.07) is 12.8. The fourth-order valence-corrected chi connectivity index (χ4v) is 3.87. The van der Waals surface area contributed by atoms with Gasteiger partial charge in [-0.2, -0.15) is 0 Å². The zero-order valence-corrected chi connectivity index (χ0v) is 19.7. The first-order valence-corrected chi connectivity index (χ1v) is 11.3. The van der Waals surface area contributed by atoms with Crippen LogP contribution in [0.15, 0.2) is 60.3 Å². The van der Waals surface area contributed by atoms with Crippen LogP contribution in [0, 0.1) is 6.92 Å². The van der Waals surface area contributed by atoms with Crippen LogP contribution in [0.4, 0.5) is 5.69 Å². The van der Waals surface area contributed by atoms with E-state index in [0.29, 0.717) is 39.7 Å². The van der Waals surface area contributed by atoms with Crippen LogP contribution in [0.25, 0.3) is 0 Å². The number of methoxy groups -OCH3 is 1. The number of carbonyl (C=O) groups is 1. The fourth-order valence-electron chi connectivity index (χ4n) is 2.94. The average molecular weight is 473 g/mol.